The van der Waals surface area contributed by atoms with Crippen LogP contribution in [0, 0.1) is 0 Å². The zero-order valence-electron chi connectivity index (χ0n) is 12.0. The fourth-order valence-corrected chi connectivity index (χ4v) is 7.59. The molecule has 0 N–H and O–H groups in total. The zero-order valence-corrected chi connectivity index (χ0v) is 14.5. The molecular weight excluding hydrogens is 346 g/mol. The van der Waals surface area contributed by atoms with Crippen LogP contribution in [0.2, 0.25) is 0 Å². The number of sulfonamides is 1. The predicted octanol–water partition coefficient (Wildman–Crippen LogP) is 1.10. The second kappa shape index (κ2) is 6.20. The van der Waals surface area contributed by atoms with Gasteiger partial charge >= 0.3 is 0 Å². The van der Waals surface area contributed by atoms with Crippen molar-refractivity contribution in [2.45, 2.75) is 35.6 Å². The molecule has 124 valence electrons. The first-order valence-electron chi connectivity index (χ1n) is 7.26. The van der Waals surface area contributed by atoms with Crippen molar-refractivity contribution in [3.63, 3.8) is 0 Å². The van der Waals surface area contributed by atoms with Gasteiger partial charge in [0.05, 0.1) is 17.6 Å². The topological polar surface area (TPSA) is 80.8 Å². The van der Waals surface area contributed by atoms with Crippen molar-refractivity contribution >= 4 is 31.2 Å². The lowest BCUT2D eigenvalue weighted by atomic mass is 10.2. The summed E-state index contributed by atoms with van der Waals surface area (Å²) in [4.78, 5) is 0. The normalized spacial score (nSPS) is 28.4. The first-order valence-corrected chi connectivity index (χ1v) is 11.4. The summed E-state index contributed by atoms with van der Waals surface area (Å²) in [7, 11) is -6.82. The number of thiophene rings is 1. The molecule has 6 nitrogen and oxygen atoms in total. The number of nitrogens with zero attached hydrogens (tertiary/aromatic N) is 1. The quantitative estimate of drug-likeness (QED) is 0.781. The van der Waals surface area contributed by atoms with Crippen LogP contribution in [0.25, 0.3) is 0 Å². The molecule has 0 spiro atoms. The molecule has 2 aliphatic heterocycles. The highest BCUT2D eigenvalue weighted by Gasteiger charge is 2.40. The molecule has 22 heavy (non-hydrogen) atoms. The third-order valence-electron chi connectivity index (χ3n) is 4.08. The van der Waals surface area contributed by atoms with Crippen LogP contribution >= 0.6 is 11.3 Å². The summed E-state index contributed by atoms with van der Waals surface area (Å²) in [6, 6.07) is 2.76. The van der Waals surface area contributed by atoms with Gasteiger partial charge in [-0.1, -0.05) is 6.07 Å². The van der Waals surface area contributed by atoms with Gasteiger partial charge in [0.15, 0.2) is 9.84 Å². The minimum atomic E-state index is -3.67. The van der Waals surface area contributed by atoms with Gasteiger partial charge in [0, 0.05) is 19.2 Å². The van der Waals surface area contributed by atoms with Crippen molar-refractivity contribution in [1.29, 1.82) is 0 Å². The van der Waals surface area contributed by atoms with Crippen LogP contribution in [-0.4, -0.2) is 57.9 Å². The molecule has 0 aromatic carbocycles. The van der Waals surface area contributed by atoms with E-state index in [1.165, 1.54) is 4.31 Å². The SMILES string of the molecule is O=S1(=O)CC[C@H](N(C[C@@H]2CCCO2)S(=O)(=O)c2cccs2)C1. The molecule has 0 unspecified atom stereocenters. The largest absolute Gasteiger partial charge is 0.377 e. The van der Waals surface area contributed by atoms with Crippen LogP contribution < -0.4 is 0 Å². The molecule has 0 aliphatic carbocycles. The number of ether oxygens (including phenoxy) is 1. The average Bonchev–Trinajstić information content (AvgIpc) is 3.17. The Kier molecular flexibility index (Phi) is 4.61. The van der Waals surface area contributed by atoms with E-state index in [-0.39, 0.29) is 28.4 Å². The summed E-state index contributed by atoms with van der Waals surface area (Å²) < 4.78 is 56.4. The minimum absolute atomic E-state index is 0.0552. The van der Waals surface area contributed by atoms with Gasteiger partial charge in [-0.05, 0) is 30.7 Å². The number of rotatable bonds is 5. The lowest BCUT2D eigenvalue weighted by molar-refractivity contribution is 0.0877. The molecular formula is C13H19NO5S3. The van der Waals surface area contributed by atoms with Gasteiger partial charge in [-0.15, -0.1) is 11.3 Å². The number of hydrogen-bond donors (Lipinski definition) is 0. The van der Waals surface area contributed by atoms with Crippen LogP contribution in [0.4, 0.5) is 0 Å². The Morgan fingerprint density at radius 2 is 2.18 bits per heavy atom. The van der Waals surface area contributed by atoms with Gasteiger partial charge in [0.2, 0.25) is 0 Å². The molecule has 0 radical (unpaired) electrons. The monoisotopic (exact) mass is 365 g/mol. The van der Waals surface area contributed by atoms with E-state index in [0.29, 0.717) is 13.0 Å². The fraction of sp³-hybridized carbons (Fsp3) is 0.692. The highest BCUT2D eigenvalue weighted by molar-refractivity contribution is 7.92. The Labute approximate surface area is 135 Å². The summed E-state index contributed by atoms with van der Waals surface area (Å²) >= 11 is 1.15. The minimum Gasteiger partial charge on any atom is -0.377 e. The van der Waals surface area contributed by atoms with Crippen LogP contribution in [0.3, 0.4) is 0 Å². The predicted molar refractivity (Wildman–Crippen MR) is 84.2 cm³/mol. The molecule has 0 amide bonds. The standard InChI is InChI=1S/C13H19NO5S3/c15-21(16)8-5-11(10-21)14(9-12-3-1-6-19-12)22(17,18)13-4-2-7-20-13/h2,4,7,11-12H,1,3,5-6,8-10H2/t11-,12-/m0/s1. The summed E-state index contributed by atoms with van der Waals surface area (Å²) in [5.41, 5.74) is 0. The molecule has 1 aromatic rings. The molecule has 2 atom stereocenters. The van der Waals surface area contributed by atoms with Crippen LogP contribution in [0.15, 0.2) is 21.7 Å². The van der Waals surface area contributed by atoms with Gasteiger partial charge in [0.1, 0.15) is 4.21 Å². The maximum absolute atomic E-state index is 12.9. The van der Waals surface area contributed by atoms with Gasteiger partial charge in [-0.25, -0.2) is 16.8 Å². The molecule has 3 rings (SSSR count). The summed E-state index contributed by atoms with van der Waals surface area (Å²) in [5.74, 6) is -0.0377. The smallest absolute Gasteiger partial charge is 0.252 e. The lowest BCUT2D eigenvalue weighted by Gasteiger charge is -2.28. The molecule has 2 fully saturated rings. The first kappa shape index (κ1) is 16.4. The second-order valence-corrected chi connectivity index (χ2v) is 11.0. The Morgan fingerprint density at radius 1 is 1.36 bits per heavy atom. The van der Waals surface area contributed by atoms with Crippen molar-refractivity contribution in [3.8, 4) is 0 Å². The third kappa shape index (κ3) is 3.38. The maximum Gasteiger partial charge on any atom is 0.252 e. The molecule has 1 aromatic heterocycles. The van der Waals surface area contributed by atoms with Crippen molar-refractivity contribution in [2.75, 3.05) is 24.7 Å². The maximum atomic E-state index is 12.9. The van der Waals surface area contributed by atoms with Gasteiger partial charge in [0.25, 0.3) is 10.0 Å². The van der Waals surface area contributed by atoms with Crippen LogP contribution in [0.5, 0.6) is 0 Å². The molecule has 2 saturated heterocycles. The molecule has 0 bridgehead atoms. The molecule has 2 aliphatic rings. The Bertz CT molecular complexity index is 705. The van der Waals surface area contributed by atoms with E-state index in [9.17, 15) is 16.8 Å². The number of hydrogen-bond acceptors (Lipinski definition) is 6. The highest BCUT2D eigenvalue weighted by Crippen LogP contribution is 2.29. The van der Waals surface area contributed by atoms with Gasteiger partial charge < -0.3 is 4.74 Å². The average molecular weight is 365 g/mol. The van der Waals surface area contributed by atoms with Crippen molar-refractivity contribution in [3.05, 3.63) is 17.5 Å². The summed E-state index contributed by atoms with van der Waals surface area (Å²) in [5, 5.41) is 1.71. The fourth-order valence-electron chi connectivity index (χ4n) is 2.96. The lowest BCUT2D eigenvalue weighted by Crippen LogP contribution is -2.44. The first-order chi connectivity index (χ1) is 10.4. The molecule has 9 heteroatoms. The van der Waals surface area contributed by atoms with E-state index < -0.39 is 25.9 Å². The van der Waals surface area contributed by atoms with Crippen molar-refractivity contribution in [2.24, 2.45) is 0 Å². The van der Waals surface area contributed by atoms with E-state index in [0.717, 1.165) is 24.2 Å². The van der Waals surface area contributed by atoms with Crippen molar-refractivity contribution < 1.29 is 21.6 Å². The van der Waals surface area contributed by atoms with Crippen molar-refractivity contribution in [1.82, 2.24) is 4.31 Å². The Balaban J connectivity index is 1.89. The zero-order chi connectivity index (χ0) is 15.8. The number of sulfone groups is 1. The van der Waals surface area contributed by atoms with E-state index in [1.54, 1.807) is 17.5 Å². The van der Waals surface area contributed by atoms with Gasteiger partial charge in [-0.2, -0.15) is 4.31 Å². The molecule has 0 saturated carbocycles. The summed E-state index contributed by atoms with van der Waals surface area (Å²) in [6.07, 6.45) is 1.95. The summed E-state index contributed by atoms with van der Waals surface area (Å²) in [6.45, 7) is 0.876. The van der Waals surface area contributed by atoms with Gasteiger partial charge in [-0.3, -0.25) is 0 Å². The van der Waals surface area contributed by atoms with E-state index in [4.69, 9.17) is 4.74 Å². The third-order valence-corrected chi connectivity index (χ3v) is 9.12. The Morgan fingerprint density at radius 3 is 2.73 bits per heavy atom. The van der Waals surface area contributed by atoms with E-state index in [1.807, 2.05) is 0 Å². The van der Waals surface area contributed by atoms with Crippen LogP contribution in [0.1, 0.15) is 19.3 Å². The van der Waals surface area contributed by atoms with Crippen LogP contribution in [-0.2, 0) is 24.6 Å². The highest BCUT2D eigenvalue weighted by atomic mass is 32.2. The Hall–Kier alpha value is -0.480. The van der Waals surface area contributed by atoms with E-state index in [2.05, 4.69) is 0 Å². The van der Waals surface area contributed by atoms with E-state index >= 15 is 0 Å². The molecule has 3 heterocycles. The second-order valence-electron chi connectivity index (χ2n) is 5.70.